The molecule has 1 atom stereocenters. The van der Waals surface area contributed by atoms with Crippen LogP contribution >= 0.6 is 0 Å². The lowest BCUT2D eigenvalue weighted by atomic mass is 10.1. The Balaban J connectivity index is 1.48. The smallest absolute Gasteiger partial charge is 0.331 e. The van der Waals surface area contributed by atoms with Gasteiger partial charge in [0.15, 0.2) is 5.54 Å². The molecule has 1 saturated carbocycles. The maximum atomic E-state index is 13.0. The lowest BCUT2D eigenvalue weighted by molar-refractivity contribution is -0.142. The number of methoxy groups -OCH3 is 1. The van der Waals surface area contributed by atoms with E-state index >= 15 is 0 Å². The molecule has 1 amide bonds. The summed E-state index contributed by atoms with van der Waals surface area (Å²) < 4.78 is 12.3. The van der Waals surface area contributed by atoms with Gasteiger partial charge >= 0.3 is 5.97 Å². The van der Waals surface area contributed by atoms with Crippen molar-refractivity contribution in [2.75, 3.05) is 40.0 Å². The number of ether oxygens (including phenoxy) is 2. The van der Waals surface area contributed by atoms with Crippen LogP contribution in [0.2, 0.25) is 0 Å². The van der Waals surface area contributed by atoms with Crippen molar-refractivity contribution in [3.05, 3.63) is 30.0 Å². The molecule has 1 aromatic carbocycles. The van der Waals surface area contributed by atoms with Gasteiger partial charge in [0.1, 0.15) is 11.4 Å². The van der Waals surface area contributed by atoms with E-state index in [1.54, 1.807) is 24.4 Å². The molecule has 0 spiro atoms. The number of carboxylic acids is 1. The largest absolute Gasteiger partial charge is 0.496 e. The molecule has 1 unspecified atom stereocenters. The van der Waals surface area contributed by atoms with Crippen molar-refractivity contribution in [1.82, 2.24) is 25.2 Å². The minimum Gasteiger partial charge on any atom is -0.496 e. The van der Waals surface area contributed by atoms with E-state index in [-0.39, 0.29) is 11.9 Å². The van der Waals surface area contributed by atoms with Gasteiger partial charge in [-0.05, 0) is 31.4 Å². The number of amides is 1. The summed E-state index contributed by atoms with van der Waals surface area (Å²) in [4.78, 5) is 26.8. The molecule has 172 valence electrons. The van der Waals surface area contributed by atoms with Crippen molar-refractivity contribution in [3.8, 4) is 17.0 Å². The SMILES string of the molecule is CCC(CN1CCOCC1)NC(=O)c1ccc(-c2cn(C3(C(=O)O)CC3)nn2)cc1OC. The van der Waals surface area contributed by atoms with Crippen molar-refractivity contribution < 1.29 is 24.2 Å². The maximum Gasteiger partial charge on any atom is 0.331 e. The summed E-state index contributed by atoms with van der Waals surface area (Å²) in [6, 6.07) is 5.23. The van der Waals surface area contributed by atoms with Gasteiger partial charge in [-0.15, -0.1) is 5.10 Å². The first-order valence-corrected chi connectivity index (χ1v) is 10.9. The molecule has 10 nitrogen and oxygen atoms in total. The summed E-state index contributed by atoms with van der Waals surface area (Å²) in [5, 5.41) is 20.7. The Hall–Kier alpha value is -2.98. The fraction of sp³-hybridized carbons (Fsp3) is 0.545. The van der Waals surface area contributed by atoms with E-state index in [1.165, 1.54) is 11.8 Å². The Bertz CT molecular complexity index is 981. The molecule has 2 N–H and O–H groups in total. The van der Waals surface area contributed by atoms with Crippen LogP contribution in [-0.4, -0.2) is 82.9 Å². The van der Waals surface area contributed by atoms with Gasteiger partial charge in [-0.1, -0.05) is 18.2 Å². The predicted molar refractivity (Wildman–Crippen MR) is 116 cm³/mol. The van der Waals surface area contributed by atoms with Crippen molar-refractivity contribution in [3.63, 3.8) is 0 Å². The Morgan fingerprint density at radius 3 is 2.69 bits per heavy atom. The standard InChI is InChI=1S/C22H29N5O5/c1-3-16(13-26-8-10-32-11-9-26)23-20(28)17-5-4-15(12-19(17)31-2)18-14-27(25-24-18)22(6-7-22)21(29)30/h4-5,12,14,16H,3,6-11,13H2,1-2H3,(H,23,28)(H,29,30). The van der Waals surface area contributed by atoms with Gasteiger partial charge in [0.2, 0.25) is 0 Å². The molecule has 2 fully saturated rings. The highest BCUT2D eigenvalue weighted by Crippen LogP contribution is 2.43. The second-order valence-electron chi connectivity index (χ2n) is 8.29. The van der Waals surface area contributed by atoms with Gasteiger partial charge in [0, 0.05) is 31.2 Å². The zero-order chi connectivity index (χ0) is 22.7. The normalized spacial score (nSPS) is 18.7. The Labute approximate surface area is 186 Å². The van der Waals surface area contributed by atoms with Gasteiger partial charge in [0.25, 0.3) is 5.91 Å². The van der Waals surface area contributed by atoms with E-state index in [4.69, 9.17) is 9.47 Å². The highest BCUT2D eigenvalue weighted by Gasteiger charge is 2.53. The van der Waals surface area contributed by atoms with E-state index in [0.717, 1.165) is 39.3 Å². The topological polar surface area (TPSA) is 119 Å². The van der Waals surface area contributed by atoms with Crippen LogP contribution in [0.4, 0.5) is 0 Å². The van der Waals surface area contributed by atoms with Crippen LogP contribution in [0.3, 0.4) is 0 Å². The number of benzene rings is 1. The van der Waals surface area contributed by atoms with Crippen molar-refractivity contribution in [1.29, 1.82) is 0 Å². The number of carbonyl (C=O) groups excluding carboxylic acids is 1. The average Bonchev–Trinajstić information content (AvgIpc) is 3.49. The second kappa shape index (κ2) is 9.25. The fourth-order valence-electron chi connectivity index (χ4n) is 3.94. The molecule has 4 rings (SSSR count). The van der Waals surface area contributed by atoms with Crippen LogP contribution < -0.4 is 10.1 Å². The molecule has 0 radical (unpaired) electrons. The Kier molecular flexibility index (Phi) is 6.43. The minimum absolute atomic E-state index is 0.0237. The van der Waals surface area contributed by atoms with Gasteiger partial charge in [0.05, 0.1) is 32.1 Å². The second-order valence-corrected chi connectivity index (χ2v) is 8.29. The number of carboxylic acid groups (broad SMARTS) is 1. The van der Waals surface area contributed by atoms with Gasteiger partial charge in [-0.25, -0.2) is 9.48 Å². The first kappa shape index (κ1) is 22.2. The molecule has 1 saturated heterocycles. The lowest BCUT2D eigenvalue weighted by Gasteiger charge is -2.30. The number of nitrogens with zero attached hydrogens (tertiary/aromatic N) is 4. The highest BCUT2D eigenvalue weighted by atomic mass is 16.5. The zero-order valence-corrected chi connectivity index (χ0v) is 18.4. The molecule has 0 bridgehead atoms. The molecular weight excluding hydrogens is 414 g/mol. The molecule has 2 aliphatic rings. The third-order valence-electron chi connectivity index (χ3n) is 6.21. The molecule has 2 aromatic rings. The highest BCUT2D eigenvalue weighted by molar-refractivity contribution is 5.97. The molecular formula is C22H29N5O5. The monoisotopic (exact) mass is 443 g/mol. The number of aromatic nitrogens is 3. The maximum absolute atomic E-state index is 13.0. The summed E-state index contributed by atoms with van der Waals surface area (Å²) in [5.74, 6) is -0.670. The van der Waals surface area contributed by atoms with Crippen molar-refractivity contribution in [2.24, 2.45) is 0 Å². The zero-order valence-electron chi connectivity index (χ0n) is 18.4. The van der Waals surface area contributed by atoms with E-state index < -0.39 is 11.5 Å². The summed E-state index contributed by atoms with van der Waals surface area (Å²) in [6.07, 6.45) is 3.52. The summed E-state index contributed by atoms with van der Waals surface area (Å²) >= 11 is 0. The fourth-order valence-corrected chi connectivity index (χ4v) is 3.94. The number of aliphatic carboxylic acids is 1. The van der Waals surface area contributed by atoms with Crippen LogP contribution in [0.15, 0.2) is 24.4 Å². The van der Waals surface area contributed by atoms with Gasteiger partial charge in [-0.2, -0.15) is 0 Å². The molecule has 2 heterocycles. The first-order valence-electron chi connectivity index (χ1n) is 10.9. The first-order chi connectivity index (χ1) is 15.5. The summed E-state index contributed by atoms with van der Waals surface area (Å²) in [5.41, 5.74) is 0.686. The molecule has 32 heavy (non-hydrogen) atoms. The quantitative estimate of drug-likeness (QED) is 0.597. The number of morpholine rings is 1. The summed E-state index contributed by atoms with van der Waals surface area (Å²) in [6.45, 7) is 6.01. The molecule has 10 heteroatoms. The Morgan fingerprint density at radius 2 is 2.06 bits per heavy atom. The number of hydrogen-bond acceptors (Lipinski definition) is 7. The van der Waals surface area contributed by atoms with Crippen LogP contribution in [-0.2, 0) is 15.1 Å². The third kappa shape index (κ3) is 4.46. The van der Waals surface area contributed by atoms with E-state index in [0.29, 0.717) is 35.4 Å². The number of nitrogens with one attached hydrogen (secondary N) is 1. The van der Waals surface area contributed by atoms with Crippen molar-refractivity contribution in [2.45, 2.75) is 37.8 Å². The lowest BCUT2D eigenvalue weighted by Crippen LogP contribution is -2.47. The number of rotatable bonds is 9. The molecule has 1 aliphatic heterocycles. The minimum atomic E-state index is -0.981. The van der Waals surface area contributed by atoms with E-state index in [2.05, 4.69) is 27.5 Å². The van der Waals surface area contributed by atoms with Crippen LogP contribution in [0.1, 0.15) is 36.5 Å². The summed E-state index contributed by atoms with van der Waals surface area (Å²) in [7, 11) is 1.52. The van der Waals surface area contributed by atoms with Gasteiger partial charge < -0.3 is 19.9 Å². The average molecular weight is 444 g/mol. The third-order valence-corrected chi connectivity index (χ3v) is 6.21. The molecule has 1 aliphatic carbocycles. The number of carbonyl (C=O) groups is 2. The molecule has 1 aromatic heterocycles. The van der Waals surface area contributed by atoms with E-state index in [1.807, 2.05) is 0 Å². The van der Waals surface area contributed by atoms with Crippen LogP contribution in [0, 0.1) is 0 Å². The van der Waals surface area contributed by atoms with Gasteiger partial charge in [-0.3, -0.25) is 9.69 Å². The van der Waals surface area contributed by atoms with Crippen molar-refractivity contribution >= 4 is 11.9 Å². The Morgan fingerprint density at radius 1 is 1.31 bits per heavy atom. The predicted octanol–water partition coefficient (Wildman–Crippen LogP) is 1.37. The number of hydrogen-bond donors (Lipinski definition) is 2. The van der Waals surface area contributed by atoms with E-state index in [9.17, 15) is 14.7 Å². The van der Waals surface area contributed by atoms with Crippen LogP contribution in [0.5, 0.6) is 5.75 Å². The van der Waals surface area contributed by atoms with Crippen LogP contribution in [0.25, 0.3) is 11.3 Å².